The maximum Gasteiger partial charge on any atom is 0.257 e. The van der Waals surface area contributed by atoms with Gasteiger partial charge >= 0.3 is 0 Å². The number of aromatic nitrogens is 1. The standard InChI is InChI=1S/C36H38N4O2S/c1-2-25-11-16-31-29(23-25)24-32(42-31)33-35(40-19-7-4-8-20-40)43-36(37-33)38-34(41)28-12-14-30(15-13-28)39-21-17-27(18-22-39)26-9-5-3-6-10-26/h3,5-6,9-16,23-24,27H,2,4,7-8,17-22H2,1H3,(H,37,38,41). The molecular formula is C36H38N4O2S. The zero-order chi connectivity index (χ0) is 29.2. The molecule has 3 aromatic carbocycles. The van der Waals surface area contributed by atoms with Crippen LogP contribution in [0.25, 0.3) is 22.4 Å². The van der Waals surface area contributed by atoms with E-state index in [9.17, 15) is 4.79 Å². The SMILES string of the molecule is CCc1ccc2oc(-c3nc(NC(=O)c4ccc(N5CCC(c6ccccc6)CC5)cc4)sc3N3CCCCC3)cc2c1. The third-order valence-electron chi connectivity index (χ3n) is 8.96. The van der Waals surface area contributed by atoms with Crippen LogP contribution in [0.3, 0.4) is 0 Å². The topological polar surface area (TPSA) is 61.6 Å². The largest absolute Gasteiger partial charge is 0.454 e. The predicted octanol–water partition coefficient (Wildman–Crippen LogP) is 8.75. The Hall–Kier alpha value is -4.10. The lowest BCUT2D eigenvalue weighted by molar-refractivity contribution is 0.102. The van der Waals surface area contributed by atoms with Gasteiger partial charge in [-0.15, -0.1) is 0 Å². The Balaban J connectivity index is 1.07. The van der Waals surface area contributed by atoms with Crippen molar-refractivity contribution in [3.8, 4) is 11.5 Å². The number of rotatable bonds is 7. The molecule has 5 aromatic rings. The summed E-state index contributed by atoms with van der Waals surface area (Å²) < 4.78 is 6.29. The number of carbonyl (C=O) groups excluding carboxylic acids is 1. The van der Waals surface area contributed by atoms with Crippen LogP contribution < -0.4 is 15.1 Å². The van der Waals surface area contributed by atoms with Crippen molar-refractivity contribution in [2.24, 2.45) is 0 Å². The fourth-order valence-electron chi connectivity index (χ4n) is 6.46. The molecular weight excluding hydrogens is 552 g/mol. The molecule has 6 nitrogen and oxygen atoms in total. The minimum Gasteiger partial charge on any atom is -0.454 e. The number of fused-ring (bicyclic) bond motifs is 1. The van der Waals surface area contributed by atoms with Gasteiger partial charge in [-0.25, -0.2) is 4.98 Å². The molecule has 0 atom stereocenters. The highest BCUT2D eigenvalue weighted by Gasteiger charge is 2.25. The lowest BCUT2D eigenvalue weighted by Crippen LogP contribution is -2.32. The minimum atomic E-state index is -0.142. The Bertz CT molecular complexity index is 1690. The number of nitrogens with one attached hydrogen (secondary N) is 1. The summed E-state index contributed by atoms with van der Waals surface area (Å²) in [6.45, 7) is 6.19. The van der Waals surface area contributed by atoms with Gasteiger partial charge in [0.2, 0.25) is 0 Å². The van der Waals surface area contributed by atoms with E-state index in [2.05, 4.69) is 82.7 Å². The smallest absolute Gasteiger partial charge is 0.257 e. The van der Waals surface area contributed by atoms with E-state index >= 15 is 0 Å². The number of amides is 1. The summed E-state index contributed by atoms with van der Waals surface area (Å²) in [5, 5.41) is 5.84. The lowest BCUT2D eigenvalue weighted by Gasteiger charge is -2.34. The first-order valence-electron chi connectivity index (χ1n) is 15.6. The molecule has 2 aliphatic heterocycles. The van der Waals surface area contributed by atoms with Gasteiger partial charge in [0.25, 0.3) is 5.91 Å². The lowest BCUT2D eigenvalue weighted by atomic mass is 9.89. The van der Waals surface area contributed by atoms with Crippen molar-refractivity contribution in [1.82, 2.24) is 4.98 Å². The van der Waals surface area contributed by atoms with Crippen LogP contribution in [0.1, 0.15) is 66.4 Å². The maximum atomic E-state index is 13.4. The molecule has 0 aliphatic carbocycles. The average Bonchev–Trinajstić information content (AvgIpc) is 3.69. The van der Waals surface area contributed by atoms with Gasteiger partial charge in [-0.2, -0.15) is 0 Å². The Morgan fingerprint density at radius 1 is 0.907 bits per heavy atom. The third-order valence-corrected chi connectivity index (χ3v) is 9.99. The molecule has 0 radical (unpaired) electrons. The van der Waals surface area contributed by atoms with Crippen molar-refractivity contribution < 1.29 is 9.21 Å². The van der Waals surface area contributed by atoms with Gasteiger partial charge in [-0.1, -0.05) is 54.7 Å². The summed E-state index contributed by atoms with van der Waals surface area (Å²) in [5.41, 5.74) is 6.20. The van der Waals surface area contributed by atoms with Gasteiger partial charge in [-0.05, 0) is 98.0 Å². The highest BCUT2D eigenvalue weighted by atomic mass is 32.1. The van der Waals surface area contributed by atoms with Gasteiger partial charge in [0.1, 0.15) is 16.3 Å². The Morgan fingerprint density at radius 3 is 2.42 bits per heavy atom. The van der Waals surface area contributed by atoms with E-state index in [0.717, 1.165) is 85.7 Å². The van der Waals surface area contributed by atoms with Crippen LogP contribution >= 0.6 is 11.3 Å². The van der Waals surface area contributed by atoms with Crippen molar-refractivity contribution in [1.29, 1.82) is 0 Å². The number of benzene rings is 3. The van der Waals surface area contributed by atoms with Crippen LogP contribution in [0.4, 0.5) is 15.8 Å². The summed E-state index contributed by atoms with van der Waals surface area (Å²) in [4.78, 5) is 23.1. The van der Waals surface area contributed by atoms with Crippen molar-refractivity contribution in [3.05, 3.63) is 95.6 Å². The molecule has 2 saturated heterocycles. The van der Waals surface area contributed by atoms with Crippen molar-refractivity contribution in [3.63, 3.8) is 0 Å². The van der Waals surface area contributed by atoms with E-state index in [1.807, 2.05) is 18.2 Å². The normalized spacial score (nSPS) is 16.1. The molecule has 0 unspecified atom stereocenters. The van der Waals surface area contributed by atoms with Crippen LogP contribution in [0, 0.1) is 0 Å². The number of thiazole rings is 1. The highest BCUT2D eigenvalue weighted by Crippen LogP contribution is 2.42. The highest BCUT2D eigenvalue weighted by molar-refractivity contribution is 7.20. The molecule has 7 rings (SSSR count). The summed E-state index contributed by atoms with van der Waals surface area (Å²) >= 11 is 1.54. The molecule has 2 fully saturated rings. The zero-order valence-corrected chi connectivity index (χ0v) is 25.5. The van der Waals surface area contributed by atoms with Gasteiger partial charge in [0, 0.05) is 42.8 Å². The van der Waals surface area contributed by atoms with E-state index in [0.29, 0.717) is 16.6 Å². The minimum absolute atomic E-state index is 0.142. The number of piperidine rings is 2. The monoisotopic (exact) mass is 590 g/mol. The van der Waals surface area contributed by atoms with E-state index in [4.69, 9.17) is 9.40 Å². The summed E-state index contributed by atoms with van der Waals surface area (Å²) in [7, 11) is 0. The number of hydrogen-bond donors (Lipinski definition) is 1. The van der Waals surface area contributed by atoms with Crippen LogP contribution in [0.5, 0.6) is 0 Å². The van der Waals surface area contributed by atoms with Gasteiger partial charge < -0.3 is 14.2 Å². The van der Waals surface area contributed by atoms with Gasteiger partial charge in [0.15, 0.2) is 10.9 Å². The predicted molar refractivity (Wildman–Crippen MR) is 178 cm³/mol. The quantitative estimate of drug-likeness (QED) is 0.205. The number of aryl methyl sites for hydroxylation is 1. The number of hydrogen-bond acceptors (Lipinski definition) is 6. The van der Waals surface area contributed by atoms with E-state index < -0.39 is 0 Å². The van der Waals surface area contributed by atoms with Crippen molar-refractivity contribution in [2.45, 2.75) is 51.4 Å². The second-order valence-corrected chi connectivity index (χ2v) is 12.7. The first-order valence-corrected chi connectivity index (χ1v) is 16.5. The fraction of sp³-hybridized carbons (Fsp3) is 0.333. The second kappa shape index (κ2) is 12.3. The fourth-order valence-corrected chi connectivity index (χ4v) is 7.47. The Kier molecular flexibility index (Phi) is 7.90. The molecule has 2 aromatic heterocycles. The van der Waals surface area contributed by atoms with Crippen molar-refractivity contribution >= 4 is 44.0 Å². The first-order chi connectivity index (χ1) is 21.1. The molecule has 7 heteroatoms. The molecule has 0 bridgehead atoms. The number of nitrogens with zero attached hydrogens (tertiary/aromatic N) is 3. The summed E-state index contributed by atoms with van der Waals surface area (Å²) in [5.74, 6) is 1.23. The zero-order valence-electron chi connectivity index (χ0n) is 24.7. The molecule has 220 valence electrons. The van der Waals surface area contributed by atoms with E-state index in [1.54, 1.807) is 11.3 Å². The van der Waals surface area contributed by atoms with Crippen LogP contribution in [0.2, 0.25) is 0 Å². The van der Waals surface area contributed by atoms with E-state index in [1.165, 1.54) is 23.2 Å². The summed E-state index contributed by atoms with van der Waals surface area (Å²) in [6, 6.07) is 27.3. The molecule has 0 saturated carbocycles. The average molecular weight is 591 g/mol. The molecule has 0 spiro atoms. The molecule has 2 aliphatic rings. The first kappa shape index (κ1) is 27.7. The third kappa shape index (κ3) is 5.91. The van der Waals surface area contributed by atoms with Gasteiger partial charge in [-0.3, -0.25) is 10.1 Å². The van der Waals surface area contributed by atoms with E-state index in [-0.39, 0.29) is 5.91 Å². The van der Waals surface area contributed by atoms with Crippen molar-refractivity contribution in [2.75, 3.05) is 41.3 Å². The Labute approximate surface area is 257 Å². The molecule has 43 heavy (non-hydrogen) atoms. The van der Waals surface area contributed by atoms with Crippen LogP contribution in [-0.2, 0) is 6.42 Å². The summed E-state index contributed by atoms with van der Waals surface area (Å²) in [6.07, 6.45) is 6.84. The molecule has 1 amide bonds. The van der Waals surface area contributed by atoms with Gasteiger partial charge in [0.05, 0.1) is 0 Å². The number of carbonyl (C=O) groups is 1. The molecule has 1 N–H and O–H groups in total. The molecule has 4 heterocycles. The number of furan rings is 1. The maximum absolute atomic E-state index is 13.4. The second-order valence-electron chi connectivity index (χ2n) is 11.7. The Morgan fingerprint density at radius 2 is 1.67 bits per heavy atom. The number of anilines is 3. The van der Waals surface area contributed by atoms with Crippen LogP contribution in [-0.4, -0.2) is 37.1 Å². The van der Waals surface area contributed by atoms with Crippen LogP contribution in [0.15, 0.2) is 83.3 Å².